The Morgan fingerprint density at radius 2 is 1.20 bits per heavy atom. The number of rotatable bonds is 5. The second-order valence-electron chi connectivity index (χ2n) is 13.7. The maximum atomic E-state index is 11.1. The summed E-state index contributed by atoms with van der Waals surface area (Å²) in [5.41, 5.74) is 8.92. The van der Waals surface area contributed by atoms with Gasteiger partial charge in [-0.05, 0) is 76.7 Å². The van der Waals surface area contributed by atoms with Crippen LogP contribution in [0.3, 0.4) is 0 Å². The van der Waals surface area contributed by atoms with Crippen LogP contribution in [0.15, 0.2) is 60.1 Å². The first-order valence-electron chi connectivity index (χ1n) is 15.9. The number of nitrogens with zero attached hydrogens (tertiary/aromatic N) is 11. The Morgan fingerprint density at radius 1 is 0.778 bits per heavy atom. The fourth-order valence-corrected chi connectivity index (χ4v) is 5.43. The monoisotopic (exact) mass is 850 g/mol. The van der Waals surface area contributed by atoms with E-state index in [0.717, 1.165) is 38.9 Å². The van der Waals surface area contributed by atoms with Gasteiger partial charge in [-0.2, -0.15) is 39.7 Å². The number of halogens is 1. The molecule has 0 amide bonds. The molecule has 0 unspecified atom stereocenters. The second kappa shape index (κ2) is 20.1. The standard InChI is InChI=1S/C12H14N4.C11H14IN3.C10H11N5O2.2CO2/c1-12(2,3)8-16-11-9(5-4-6-14-11)10(7-13)15-16;1-11(2,3)7-15-10-8(9(12)14-15)5-4-6-13-10;1-6(16)5-15-10-7(3-2-4-12-10)8(13-15)9(11)14-17;2*2-1-3/h4-6H,8H2,1-3H3;4-6H,7H2,1-3H3;2-4,17H,5H2,1H3,(H2,11,14);;. The highest BCUT2D eigenvalue weighted by Gasteiger charge is 2.18. The summed E-state index contributed by atoms with van der Waals surface area (Å²) in [6.07, 6.45) is 5.64. The van der Waals surface area contributed by atoms with E-state index < -0.39 is 0 Å². The van der Waals surface area contributed by atoms with Gasteiger partial charge in [0.2, 0.25) is 0 Å². The average Bonchev–Trinajstić information content (AvgIpc) is 3.75. The molecule has 0 fully saturated rings. The summed E-state index contributed by atoms with van der Waals surface area (Å²) in [4.78, 5) is 56.4. The summed E-state index contributed by atoms with van der Waals surface area (Å²) in [5.74, 6) is -0.156. The Morgan fingerprint density at radius 3 is 1.65 bits per heavy atom. The van der Waals surface area contributed by atoms with Gasteiger partial charge in [0.25, 0.3) is 0 Å². The van der Waals surface area contributed by atoms with Gasteiger partial charge in [-0.3, -0.25) is 4.79 Å². The molecule has 3 N–H and O–H groups in total. The number of carbonyl (C=O) groups excluding carboxylic acids is 5. The lowest BCUT2D eigenvalue weighted by Crippen LogP contribution is -2.16. The van der Waals surface area contributed by atoms with Crippen LogP contribution in [-0.2, 0) is 43.6 Å². The lowest BCUT2D eigenvalue weighted by molar-refractivity contribution is -0.193. The van der Waals surface area contributed by atoms with Gasteiger partial charge in [0.15, 0.2) is 34.3 Å². The van der Waals surface area contributed by atoms with Crippen LogP contribution in [0.1, 0.15) is 59.9 Å². The van der Waals surface area contributed by atoms with Crippen molar-refractivity contribution >= 4 is 79.6 Å². The molecular formula is C35H39IN12O6. The van der Waals surface area contributed by atoms with Crippen LogP contribution in [0, 0.1) is 25.9 Å². The molecular weight excluding hydrogens is 811 g/mol. The van der Waals surface area contributed by atoms with Crippen molar-refractivity contribution in [1.82, 2.24) is 44.3 Å². The number of hydrogen-bond donors (Lipinski definition) is 2. The molecule has 0 radical (unpaired) electrons. The fourth-order valence-electron chi connectivity index (χ4n) is 4.75. The summed E-state index contributed by atoms with van der Waals surface area (Å²) in [5, 5.41) is 36.1. The van der Waals surface area contributed by atoms with E-state index in [9.17, 15) is 4.79 Å². The Kier molecular flexibility index (Phi) is 16.4. The molecule has 6 aromatic heterocycles. The van der Waals surface area contributed by atoms with Gasteiger partial charge in [0, 0.05) is 31.7 Å². The van der Waals surface area contributed by atoms with E-state index in [2.05, 4.69) is 112 Å². The van der Waals surface area contributed by atoms with E-state index in [1.54, 1.807) is 24.5 Å². The van der Waals surface area contributed by atoms with Gasteiger partial charge in [0.1, 0.15) is 22.0 Å². The maximum absolute atomic E-state index is 11.1. The summed E-state index contributed by atoms with van der Waals surface area (Å²) in [6.45, 7) is 16.2. The number of ketones is 1. The normalized spacial score (nSPS) is 10.9. The van der Waals surface area contributed by atoms with Crippen LogP contribution in [0.25, 0.3) is 33.1 Å². The van der Waals surface area contributed by atoms with Crippen LogP contribution in [0.2, 0.25) is 0 Å². The summed E-state index contributed by atoms with van der Waals surface area (Å²) < 4.78 is 6.27. The van der Waals surface area contributed by atoms with Gasteiger partial charge in [0.05, 0.1) is 16.2 Å². The molecule has 0 aliphatic heterocycles. The van der Waals surface area contributed by atoms with Crippen LogP contribution >= 0.6 is 22.6 Å². The average molecular weight is 851 g/mol. The lowest BCUT2D eigenvalue weighted by atomic mass is 9.97. The number of oxime groups is 1. The molecule has 6 rings (SSSR count). The van der Waals surface area contributed by atoms with Gasteiger partial charge in [-0.15, -0.1) is 0 Å². The van der Waals surface area contributed by atoms with E-state index in [-0.39, 0.29) is 41.3 Å². The van der Waals surface area contributed by atoms with Gasteiger partial charge < -0.3 is 10.9 Å². The van der Waals surface area contributed by atoms with Gasteiger partial charge >= 0.3 is 12.3 Å². The number of hydrogen-bond acceptors (Lipinski definition) is 14. The molecule has 282 valence electrons. The van der Waals surface area contributed by atoms with Gasteiger partial charge in [-0.25, -0.2) is 29.0 Å². The minimum absolute atomic E-state index is 0.0499. The molecule has 0 bridgehead atoms. The largest absolute Gasteiger partial charge is 0.409 e. The van der Waals surface area contributed by atoms with Crippen molar-refractivity contribution in [1.29, 1.82) is 5.26 Å². The third kappa shape index (κ3) is 12.8. The van der Waals surface area contributed by atoms with Crippen molar-refractivity contribution in [3.63, 3.8) is 0 Å². The van der Waals surface area contributed by atoms with Crippen LogP contribution in [-0.4, -0.2) is 73.4 Å². The predicted octanol–water partition coefficient (Wildman–Crippen LogP) is 4.38. The molecule has 0 saturated heterocycles. The Labute approximate surface area is 323 Å². The third-order valence-electron chi connectivity index (χ3n) is 6.55. The quantitative estimate of drug-likeness (QED) is 0.0802. The number of amidine groups is 1. The molecule has 0 atom stereocenters. The minimum Gasteiger partial charge on any atom is -0.409 e. The second-order valence-corrected chi connectivity index (χ2v) is 14.7. The first-order valence-corrected chi connectivity index (χ1v) is 17.0. The smallest absolute Gasteiger partial charge is 0.373 e. The number of nitriles is 1. The molecule has 6 aromatic rings. The van der Waals surface area contributed by atoms with Crippen molar-refractivity contribution in [2.75, 3.05) is 0 Å². The number of carbonyl (C=O) groups is 1. The molecule has 18 nitrogen and oxygen atoms in total. The highest BCUT2D eigenvalue weighted by molar-refractivity contribution is 14.1. The molecule has 0 saturated carbocycles. The zero-order chi connectivity index (χ0) is 40.6. The van der Waals surface area contributed by atoms with Crippen molar-refractivity contribution in [3.05, 3.63) is 70.1 Å². The van der Waals surface area contributed by atoms with E-state index in [1.807, 2.05) is 33.8 Å². The first kappa shape index (κ1) is 43.9. The van der Waals surface area contributed by atoms with Crippen LogP contribution in [0.4, 0.5) is 0 Å². The maximum Gasteiger partial charge on any atom is 0.373 e. The fraction of sp³-hybridized carbons (Fsp3) is 0.343. The van der Waals surface area contributed by atoms with Crippen molar-refractivity contribution in [2.45, 2.75) is 68.1 Å². The molecule has 0 aromatic carbocycles. The Balaban J connectivity index is 0.000000261. The van der Waals surface area contributed by atoms with E-state index in [0.29, 0.717) is 22.4 Å². The zero-order valence-corrected chi connectivity index (χ0v) is 32.8. The number of aromatic nitrogens is 9. The predicted molar refractivity (Wildman–Crippen MR) is 202 cm³/mol. The van der Waals surface area contributed by atoms with Crippen molar-refractivity contribution in [3.8, 4) is 6.07 Å². The van der Waals surface area contributed by atoms with Crippen LogP contribution in [0.5, 0.6) is 0 Å². The third-order valence-corrected chi connectivity index (χ3v) is 7.35. The number of nitrogens with two attached hydrogens (primary N) is 1. The number of pyridine rings is 3. The van der Waals surface area contributed by atoms with Crippen molar-refractivity contribution in [2.24, 2.45) is 21.7 Å². The van der Waals surface area contributed by atoms with Gasteiger partial charge in [-0.1, -0.05) is 46.7 Å². The summed E-state index contributed by atoms with van der Waals surface area (Å²) >= 11 is 2.26. The summed E-state index contributed by atoms with van der Waals surface area (Å²) in [6, 6.07) is 13.3. The number of fused-ring (bicyclic) bond motifs is 3. The number of Topliss-reactive ketones (excluding diaryl/α,β-unsaturated/α-hetero) is 1. The van der Waals surface area contributed by atoms with E-state index >= 15 is 0 Å². The SMILES string of the molecule is CC(=O)Cn1nc(C(N)=NO)c2cccnc21.CC(C)(C)Cn1nc(C#N)c2cccnc21.CC(C)(C)Cn1nc(I)c2cccnc21.O=C=O.O=C=O. The minimum atomic E-state index is -0.106. The molecule has 0 aliphatic carbocycles. The Bertz CT molecular complexity index is 2320. The van der Waals surface area contributed by atoms with Crippen LogP contribution < -0.4 is 5.73 Å². The van der Waals surface area contributed by atoms with E-state index in [1.165, 1.54) is 11.6 Å². The molecule has 0 aliphatic rings. The zero-order valence-electron chi connectivity index (χ0n) is 30.7. The topological polar surface area (TPSA) is 260 Å². The van der Waals surface area contributed by atoms with Crippen molar-refractivity contribution < 1.29 is 29.2 Å². The van der Waals surface area contributed by atoms with E-state index in [4.69, 9.17) is 35.4 Å². The summed E-state index contributed by atoms with van der Waals surface area (Å²) in [7, 11) is 0. The Hall–Kier alpha value is -6.22. The highest BCUT2D eigenvalue weighted by atomic mass is 127. The molecule has 54 heavy (non-hydrogen) atoms. The molecule has 6 heterocycles. The molecule has 19 heteroatoms. The first-order chi connectivity index (χ1) is 25.4. The highest BCUT2D eigenvalue weighted by Crippen LogP contribution is 2.23. The molecule has 0 spiro atoms. The lowest BCUT2D eigenvalue weighted by Gasteiger charge is -2.17.